The molecule has 0 radical (unpaired) electrons. The summed E-state index contributed by atoms with van der Waals surface area (Å²) in [5.41, 5.74) is 3.16. The zero-order chi connectivity index (χ0) is 23.8. The molecule has 0 aliphatic heterocycles. The van der Waals surface area contributed by atoms with Crippen LogP contribution in [0.3, 0.4) is 0 Å². The molecule has 0 fully saturated rings. The molecule has 0 bridgehead atoms. The van der Waals surface area contributed by atoms with Gasteiger partial charge in [-0.2, -0.15) is 5.10 Å². The van der Waals surface area contributed by atoms with E-state index in [1.807, 2.05) is 28.7 Å². The van der Waals surface area contributed by atoms with Gasteiger partial charge in [0.1, 0.15) is 4.75 Å². The molecule has 0 aliphatic rings. The first kappa shape index (κ1) is 25.2. The van der Waals surface area contributed by atoms with Crippen molar-refractivity contribution >= 4 is 35.0 Å². The van der Waals surface area contributed by atoms with Gasteiger partial charge in [0.2, 0.25) is 5.95 Å². The van der Waals surface area contributed by atoms with Crippen LogP contribution in [0, 0.1) is 0 Å². The number of unbranched alkanes of at least 4 members (excludes halogenated alkanes) is 1. The molecule has 0 atom stereocenters. The van der Waals surface area contributed by atoms with E-state index in [0.29, 0.717) is 25.5 Å². The molecule has 0 saturated heterocycles. The highest BCUT2D eigenvalue weighted by Crippen LogP contribution is 2.34. The van der Waals surface area contributed by atoms with E-state index in [9.17, 15) is 9.90 Å². The van der Waals surface area contributed by atoms with Gasteiger partial charge in [0.25, 0.3) is 0 Å². The molecule has 8 nitrogen and oxygen atoms in total. The maximum absolute atomic E-state index is 11.4. The molecular weight excluding hydrogens is 456 g/mol. The summed E-state index contributed by atoms with van der Waals surface area (Å²) < 4.78 is 1.85. The number of anilines is 1. The second-order valence-corrected chi connectivity index (χ2v) is 11.1. The number of hydrogen-bond donors (Lipinski definition) is 1. The van der Waals surface area contributed by atoms with Gasteiger partial charge in [-0.15, -0.1) is 11.3 Å². The van der Waals surface area contributed by atoms with E-state index in [0.717, 1.165) is 47.0 Å². The molecule has 0 saturated carbocycles. The van der Waals surface area contributed by atoms with Gasteiger partial charge in [0.05, 0.1) is 11.9 Å². The Morgan fingerprint density at radius 2 is 1.97 bits per heavy atom. The molecule has 1 N–H and O–H groups in total. The topological polar surface area (TPSA) is 97.0 Å². The normalized spacial score (nSPS) is 11.6. The van der Waals surface area contributed by atoms with Gasteiger partial charge in [0.15, 0.2) is 4.34 Å². The standard InChI is InChI=1S/C23H32N6O2S2/c1-5-7-9-29-15-18(13-26-29)14-28(21-24-11-17(6-2)12-25-21)10-8-19-16-32-22(27-19)33-23(3,4)20(30)31/h11-13,15-16H,5-10,14H2,1-4H3,(H,30,31). The second kappa shape index (κ2) is 11.6. The number of carbonyl (C=O) groups is 1. The Morgan fingerprint density at radius 3 is 2.64 bits per heavy atom. The number of hydrogen-bond acceptors (Lipinski definition) is 8. The summed E-state index contributed by atoms with van der Waals surface area (Å²) >= 11 is 2.77. The van der Waals surface area contributed by atoms with Crippen LogP contribution < -0.4 is 4.90 Å². The third-order valence-corrected chi connectivity index (χ3v) is 7.38. The first-order valence-electron chi connectivity index (χ1n) is 11.2. The average Bonchev–Trinajstić information content (AvgIpc) is 3.44. The number of aromatic nitrogens is 5. The van der Waals surface area contributed by atoms with Crippen LogP contribution in [0.25, 0.3) is 0 Å². The lowest BCUT2D eigenvalue weighted by atomic mass is 10.2. The minimum absolute atomic E-state index is 0.662. The first-order valence-corrected chi connectivity index (χ1v) is 12.9. The van der Waals surface area contributed by atoms with Crippen LogP contribution in [0.15, 0.2) is 34.5 Å². The summed E-state index contributed by atoms with van der Waals surface area (Å²) in [5.74, 6) is -0.159. The zero-order valence-corrected chi connectivity index (χ0v) is 21.3. The van der Waals surface area contributed by atoms with Crippen molar-refractivity contribution in [2.24, 2.45) is 0 Å². The van der Waals surface area contributed by atoms with Gasteiger partial charge < -0.3 is 10.0 Å². The number of carboxylic acids is 1. The average molecular weight is 489 g/mol. The minimum atomic E-state index is -0.909. The summed E-state index contributed by atoms with van der Waals surface area (Å²) in [6.07, 6.45) is 11.6. The number of nitrogens with zero attached hydrogens (tertiary/aromatic N) is 6. The predicted molar refractivity (Wildman–Crippen MR) is 133 cm³/mol. The van der Waals surface area contributed by atoms with Crippen molar-refractivity contribution in [3.63, 3.8) is 0 Å². The highest BCUT2D eigenvalue weighted by Gasteiger charge is 2.29. The quantitative estimate of drug-likeness (QED) is 0.346. The van der Waals surface area contributed by atoms with E-state index < -0.39 is 10.7 Å². The number of carboxylic acid groups (broad SMARTS) is 1. The van der Waals surface area contributed by atoms with Gasteiger partial charge in [-0.05, 0) is 32.3 Å². The van der Waals surface area contributed by atoms with Gasteiger partial charge in [0, 0.05) is 55.6 Å². The SMILES string of the molecule is CCCCn1cc(CN(CCc2csc(SC(C)(C)C(=O)O)n2)c2ncc(CC)cn2)cn1. The van der Waals surface area contributed by atoms with Crippen molar-refractivity contribution in [2.45, 2.75) is 75.6 Å². The number of aryl methyl sites for hydroxylation is 2. The number of aliphatic carboxylic acids is 1. The minimum Gasteiger partial charge on any atom is -0.480 e. The molecular formula is C23H32N6O2S2. The van der Waals surface area contributed by atoms with Crippen LogP contribution in [0.1, 0.15) is 57.4 Å². The van der Waals surface area contributed by atoms with Gasteiger partial charge >= 0.3 is 5.97 Å². The summed E-state index contributed by atoms with van der Waals surface area (Å²) in [7, 11) is 0. The zero-order valence-electron chi connectivity index (χ0n) is 19.7. The van der Waals surface area contributed by atoms with Gasteiger partial charge in [-0.3, -0.25) is 9.48 Å². The van der Waals surface area contributed by atoms with E-state index in [4.69, 9.17) is 0 Å². The number of thioether (sulfide) groups is 1. The van der Waals surface area contributed by atoms with Crippen molar-refractivity contribution < 1.29 is 9.90 Å². The highest BCUT2D eigenvalue weighted by atomic mass is 32.2. The maximum Gasteiger partial charge on any atom is 0.319 e. The Kier molecular flexibility index (Phi) is 8.85. The fourth-order valence-corrected chi connectivity index (χ4v) is 5.28. The van der Waals surface area contributed by atoms with Crippen molar-refractivity contribution in [2.75, 3.05) is 11.4 Å². The third-order valence-electron chi connectivity index (χ3n) is 5.21. The Balaban J connectivity index is 1.70. The number of thiazole rings is 1. The predicted octanol–water partition coefficient (Wildman–Crippen LogP) is 4.70. The Hall–Kier alpha value is -2.46. The summed E-state index contributed by atoms with van der Waals surface area (Å²) in [6.45, 7) is 9.93. The molecule has 33 heavy (non-hydrogen) atoms. The third kappa shape index (κ3) is 7.26. The molecule has 3 rings (SSSR count). The molecule has 0 amide bonds. The van der Waals surface area contributed by atoms with E-state index in [2.05, 4.69) is 45.0 Å². The fraction of sp³-hybridized carbons (Fsp3) is 0.522. The van der Waals surface area contributed by atoms with E-state index in [-0.39, 0.29) is 0 Å². The fourth-order valence-electron chi connectivity index (χ4n) is 3.06. The van der Waals surface area contributed by atoms with Gasteiger partial charge in [-0.25, -0.2) is 15.0 Å². The second-order valence-electron chi connectivity index (χ2n) is 8.40. The Labute approximate surface area is 203 Å². The highest BCUT2D eigenvalue weighted by molar-refractivity contribution is 8.02. The molecule has 0 aromatic carbocycles. The van der Waals surface area contributed by atoms with Gasteiger partial charge in [-0.1, -0.05) is 32.0 Å². The lowest BCUT2D eigenvalue weighted by molar-refractivity contribution is -0.138. The first-order chi connectivity index (χ1) is 15.8. The molecule has 10 heteroatoms. The van der Waals surface area contributed by atoms with Crippen LogP contribution >= 0.6 is 23.1 Å². The maximum atomic E-state index is 11.4. The molecule has 3 aromatic rings. The van der Waals surface area contributed by atoms with E-state index in [1.54, 1.807) is 13.8 Å². The summed E-state index contributed by atoms with van der Waals surface area (Å²) in [5, 5.41) is 15.9. The van der Waals surface area contributed by atoms with Crippen molar-refractivity contribution in [1.82, 2.24) is 24.7 Å². The monoisotopic (exact) mass is 488 g/mol. The smallest absolute Gasteiger partial charge is 0.319 e. The molecule has 0 spiro atoms. The molecule has 3 aromatic heterocycles. The van der Waals surface area contributed by atoms with Crippen molar-refractivity contribution in [3.05, 3.63) is 47.0 Å². The molecule has 0 unspecified atom stereocenters. The lowest BCUT2D eigenvalue weighted by Crippen LogP contribution is -2.27. The largest absolute Gasteiger partial charge is 0.480 e. The van der Waals surface area contributed by atoms with E-state index in [1.165, 1.54) is 23.1 Å². The Morgan fingerprint density at radius 1 is 1.21 bits per heavy atom. The number of rotatable bonds is 13. The lowest BCUT2D eigenvalue weighted by Gasteiger charge is -2.21. The van der Waals surface area contributed by atoms with Crippen molar-refractivity contribution in [3.8, 4) is 0 Å². The molecule has 178 valence electrons. The van der Waals surface area contributed by atoms with Crippen molar-refractivity contribution in [1.29, 1.82) is 0 Å². The van der Waals surface area contributed by atoms with Crippen LogP contribution in [0.5, 0.6) is 0 Å². The summed E-state index contributed by atoms with van der Waals surface area (Å²) in [4.78, 5) is 27.4. The summed E-state index contributed by atoms with van der Waals surface area (Å²) in [6, 6.07) is 0. The van der Waals surface area contributed by atoms with Crippen LogP contribution in [-0.4, -0.2) is 47.1 Å². The molecule has 3 heterocycles. The van der Waals surface area contributed by atoms with E-state index >= 15 is 0 Å². The molecule has 0 aliphatic carbocycles. The Bertz CT molecular complexity index is 1030. The van der Waals surface area contributed by atoms with Crippen LogP contribution in [0.4, 0.5) is 5.95 Å². The van der Waals surface area contributed by atoms with Crippen LogP contribution in [-0.2, 0) is 30.7 Å². The van der Waals surface area contributed by atoms with Crippen LogP contribution in [0.2, 0.25) is 0 Å².